The summed E-state index contributed by atoms with van der Waals surface area (Å²) in [4.78, 5) is 5.57. The molecule has 224 valence electrons. The minimum absolute atomic E-state index is 0.988. The molecule has 5 heteroatoms. The van der Waals surface area contributed by atoms with Gasteiger partial charge in [0.05, 0.1) is 32.3 Å². The van der Waals surface area contributed by atoms with Crippen LogP contribution < -0.4 is 0 Å². The van der Waals surface area contributed by atoms with Crippen molar-refractivity contribution in [3.05, 3.63) is 152 Å². The Morgan fingerprint density at radius 3 is 1.94 bits per heavy atom. The topological polar surface area (TPSA) is 22.8 Å². The molecule has 0 bridgehead atoms. The van der Waals surface area contributed by atoms with Gasteiger partial charge in [0, 0.05) is 53.0 Å². The van der Waals surface area contributed by atoms with E-state index in [2.05, 4.69) is 161 Å². The zero-order valence-corrected chi connectivity index (χ0v) is 27.2. The summed E-state index contributed by atoms with van der Waals surface area (Å²) in [6, 6.07) is 54.8. The van der Waals surface area contributed by atoms with Crippen molar-refractivity contribution in [2.24, 2.45) is 0 Å². The highest BCUT2D eigenvalue weighted by Gasteiger charge is 2.24. The minimum atomic E-state index is 0.988. The Balaban J connectivity index is 1.31. The number of benzene rings is 7. The van der Waals surface area contributed by atoms with Gasteiger partial charge in [-0.2, -0.15) is 0 Å². The molecule has 0 aliphatic rings. The molecule has 0 saturated carbocycles. The highest BCUT2D eigenvalue weighted by Crippen LogP contribution is 2.47. The fourth-order valence-corrected chi connectivity index (χ4v) is 10.0. The molecule has 0 saturated heterocycles. The number of aromatic nitrogens is 3. The smallest absolute Gasteiger partial charge is 0.195 e. The van der Waals surface area contributed by atoms with E-state index in [1.54, 1.807) is 11.3 Å². The summed E-state index contributed by atoms with van der Waals surface area (Å²) in [5, 5.41) is 8.48. The van der Waals surface area contributed by atoms with Crippen LogP contribution in [0.25, 0.3) is 95.9 Å². The number of hydrogen-bond acceptors (Lipinski definition) is 3. The second-order valence-electron chi connectivity index (χ2n) is 12.3. The normalized spacial score (nSPS) is 12.2. The summed E-state index contributed by atoms with van der Waals surface area (Å²) < 4.78 is 8.62. The van der Waals surface area contributed by atoms with Gasteiger partial charge in [-0.05, 0) is 48.0 Å². The monoisotopic (exact) mass is 647 g/mol. The van der Waals surface area contributed by atoms with Crippen molar-refractivity contribution in [1.29, 1.82) is 0 Å². The molecule has 3 nitrogen and oxygen atoms in total. The van der Waals surface area contributed by atoms with E-state index in [0.29, 0.717) is 0 Å². The van der Waals surface area contributed by atoms with E-state index in [9.17, 15) is 0 Å². The standard InChI is InChI=1S/C43H25N3S2/c1-3-13-26(14-4-1)32-25-37-40(39-31-19-9-12-22-36(31)47-42(32)39)44-43(48-37)46-33-20-10-7-17-28(33)29-23-24-35-38(41(29)46)30-18-8-11-21-34(30)45(35)27-15-5-2-6-16-27/h1-25H. The molecule has 0 fully saturated rings. The summed E-state index contributed by atoms with van der Waals surface area (Å²) in [6.45, 7) is 0. The van der Waals surface area contributed by atoms with Gasteiger partial charge in [0.15, 0.2) is 5.13 Å². The van der Waals surface area contributed by atoms with Crippen LogP contribution in [-0.4, -0.2) is 14.1 Å². The van der Waals surface area contributed by atoms with E-state index >= 15 is 0 Å². The van der Waals surface area contributed by atoms with E-state index < -0.39 is 0 Å². The maximum atomic E-state index is 5.57. The van der Waals surface area contributed by atoms with E-state index in [-0.39, 0.29) is 0 Å². The number of thiophene rings is 1. The molecule has 4 heterocycles. The van der Waals surface area contributed by atoms with Crippen molar-refractivity contribution < 1.29 is 0 Å². The summed E-state index contributed by atoms with van der Waals surface area (Å²) in [5.41, 5.74) is 9.50. The second kappa shape index (κ2) is 9.88. The largest absolute Gasteiger partial charge is 0.309 e. The van der Waals surface area contributed by atoms with Gasteiger partial charge in [-0.15, -0.1) is 11.3 Å². The lowest BCUT2D eigenvalue weighted by molar-refractivity contribution is 1.15. The zero-order valence-electron chi connectivity index (χ0n) is 25.6. The second-order valence-corrected chi connectivity index (χ2v) is 14.4. The quantitative estimate of drug-likeness (QED) is 0.187. The predicted octanol–water partition coefficient (Wildman–Crippen LogP) is 12.5. The highest BCUT2D eigenvalue weighted by atomic mass is 32.1. The number of para-hydroxylation sites is 3. The zero-order chi connectivity index (χ0) is 31.3. The van der Waals surface area contributed by atoms with Crippen molar-refractivity contribution in [3.8, 4) is 21.9 Å². The van der Waals surface area contributed by atoms with Crippen LogP contribution in [0.5, 0.6) is 0 Å². The van der Waals surface area contributed by atoms with E-state index in [4.69, 9.17) is 4.98 Å². The SMILES string of the molecule is c1ccc(-c2cc3sc(-n4c5ccccc5c5ccc6c(c7ccccc7n6-c6ccccc6)c54)nc3c3c2sc2ccccc23)cc1. The summed E-state index contributed by atoms with van der Waals surface area (Å²) >= 11 is 3.66. The van der Waals surface area contributed by atoms with Crippen molar-refractivity contribution in [3.63, 3.8) is 0 Å². The third kappa shape index (κ3) is 3.55. The Hall–Kier alpha value is -5.75. The molecular weight excluding hydrogens is 623 g/mol. The summed E-state index contributed by atoms with van der Waals surface area (Å²) in [7, 11) is 0. The van der Waals surface area contributed by atoms with Crippen molar-refractivity contribution >= 4 is 96.7 Å². The van der Waals surface area contributed by atoms with Gasteiger partial charge in [0.25, 0.3) is 0 Å². The Morgan fingerprint density at radius 2 is 1.12 bits per heavy atom. The molecule has 0 spiro atoms. The number of nitrogens with zero attached hydrogens (tertiary/aromatic N) is 3. The average Bonchev–Trinajstić information content (AvgIpc) is 3.90. The molecule has 0 aliphatic carbocycles. The van der Waals surface area contributed by atoms with Crippen LogP contribution in [0.2, 0.25) is 0 Å². The number of hydrogen-bond donors (Lipinski definition) is 0. The van der Waals surface area contributed by atoms with Crippen LogP contribution in [0.15, 0.2) is 152 Å². The molecule has 48 heavy (non-hydrogen) atoms. The van der Waals surface area contributed by atoms with Gasteiger partial charge < -0.3 is 4.57 Å². The van der Waals surface area contributed by atoms with E-state index in [1.807, 2.05) is 11.3 Å². The van der Waals surface area contributed by atoms with Crippen LogP contribution >= 0.6 is 22.7 Å². The number of rotatable bonds is 3. The molecule has 0 N–H and O–H groups in total. The van der Waals surface area contributed by atoms with Crippen molar-refractivity contribution in [2.45, 2.75) is 0 Å². The lowest BCUT2D eigenvalue weighted by Gasteiger charge is -2.08. The maximum Gasteiger partial charge on any atom is 0.195 e. The van der Waals surface area contributed by atoms with Crippen LogP contribution in [-0.2, 0) is 0 Å². The van der Waals surface area contributed by atoms with Gasteiger partial charge in [-0.3, -0.25) is 4.57 Å². The van der Waals surface area contributed by atoms with Gasteiger partial charge in [0.1, 0.15) is 0 Å². The van der Waals surface area contributed by atoms with Crippen molar-refractivity contribution in [2.75, 3.05) is 0 Å². The summed E-state index contributed by atoms with van der Waals surface area (Å²) in [6.07, 6.45) is 0. The molecule has 0 radical (unpaired) electrons. The molecule has 0 aliphatic heterocycles. The van der Waals surface area contributed by atoms with Crippen LogP contribution in [0.3, 0.4) is 0 Å². The molecule has 0 atom stereocenters. The highest BCUT2D eigenvalue weighted by molar-refractivity contribution is 7.27. The third-order valence-electron chi connectivity index (χ3n) is 9.75. The van der Waals surface area contributed by atoms with Crippen LogP contribution in [0.4, 0.5) is 0 Å². The molecular formula is C43H25N3S2. The Bertz CT molecular complexity index is 3050. The predicted molar refractivity (Wildman–Crippen MR) is 207 cm³/mol. The number of thiazole rings is 1. The third-order valence-corrected chi connectivity index (χ3v) is 11.9. The molecule has 11 aromatic rings. The Kier molecular flexibility index (Phi) is 5.42. The molecule has 11 rings (SSSR count). The lowest BCUT2D eigenvalue weighted by Crippen LogP contribution is -1.94. The Morgan fingerprint density at radius 1 is 0.458 bits per heavy atom. The first-order chi connectivity index (χ1) is 23.8. The first-order valence-corrected chi connectivity index (χ1v) is 17.8. The molecule has 7 aromatic carbocycles. The molecule has 4 aromatic heterocycles. The van der Waals surface area contributed by atoms with Gasteiger partial charge in [-0.1, -0.05) is 121 Å². The maximum absolute atomic E-state index is 5.57. The van der Waals surface area contributed by atoms with Gasteiger partial charge in [0.2, 0.25) is 0 Å². The van der Waals surface area contributed by atoms with E-state index in [0.717, 1.165) is 16.3 Å². The fraction of sp³-hybridized carbons (Fsp3) is 0. The lowest BCUT2D eigenvalue weighted by atomic mass is 10.0. The summed E-state index contributed by atoms with van der Waals surface area (Å²) in [5.74, 6) is 0. The van der Waals surface area contributed by atoms with Gasteiger partial charge in [-0.25, -0.2) is 4.98 Å². The fourth-order valence-electron chi connectivity index (χ4n) is 7.75. The first-order valence-electron chi connectivity index (χ1n) is 16.1. The van der Waals surface area contributed by atoms with Crippen LogP contribution in [0.1, 0.15) is 0 Å². The van der Waals surface area contributed by atoms with Crippen LogP contribution in [0, 0.1) is 0 Å². The average molecular weight is 648 g/mol. The van der Waals surface area contributed by atoms with Crippen molar-refractivity contribution in [1.82, 2.24) is 14.1 Å². The van der Waals surface area contributed by atoms with E-state index in [1.165, 1.54) is 79.6 Å². The Labute approximate surface area is 283 Å². The van der Waals surface area contributed by atoms with Gasteiger partial charge >= 0.3 is 0 Å². The molecule has 0 unspecified atom stereocenters. The molecule has 0 amide bonds. The minimum Gasteiger partial charge on any atom is -0.309 e. The number of fused-ring (bicyclic) bond motifs is 12. The first kappa shape index (κ1) is 26.3.